The summed E-state index contributed by atoms with van der Waals surface area (Å²) in [5.41, 5.74) is 3.63. The second-order valence-corrected chi connectivity index (χ2v) is 6.01. The van der Waals surface area contributed by atoms with Gasteiger partial charge in [0.05, 0.1) is 11.9 Å². The van der Waals surface area contributed by atoms with Gasteiger partial charge in [-0.25, -0.2) is 9.97 Å². The monoisotopic (exact) mass is 350 g/mol. The van der Waals surface area contributed by atoms with E-state index < -0.39 is 0 Å². The molecule has 25 heavy (non-hydrogen) atoms. The minimum absolute atomic E-state index is 0.237. The van der Waals surface area contributed by atoms with Gasteiger partial charge in [-0.3, -0.25) is 4.40 Å². The summed E-state index contributed by atoms with van der Waals surface area (Å²) in [5, 5.41) is 13.5. The fourth-order valence-electron chi connectivity index (χ4n) is 2.71. The van der Waals surface area contributed by atoms with Crippen LogP contribution in [0.5, 0.6) is 5.75 Å². The van der Waals surface area contributed by atoms with E-state index in [-0.39, 0.29) is 5.75 Å². The van der Waals surface area contributed by atoms with Crippen molar-refractivity contribution in [1.29, 1.82) is 0 Å². The van der Waals surface area contributed by atoms with Crippen molar-refractivity contribution in [3.05, 3.63) is 77.7 Å². The van der Waals surface area contributed by atoms with Crippen LogP contribution in [0.3, 0.4) is 0 Å². The molecule has 0 atom stereocenters. The van der Waals surface area contributed by atoms with Crippen molar-refractivity contribution in [2.45, 2.75) is 6.54 Å². The van der Waals surface area contributed by atoms with Crippen LogP contribution in [-0.4, -0.2) is 19.5 Å². The van der Waals surface area contributed by atoms with Crippen molar-refractivity contribution in [3.8, 4) is 17.0 Å². The number of hydrogen-bond donors (Lipinski definition) is 2. The Labute approximate surface area is 149 Å². The molecular weight excluding hydrogens is 336 g/mol. The maximum atomic E-state index is 9.46. The van der Waals surface area contributed by atoms with Crippen molar-refractivity contribution < 1.29 is 5.11 Å². The normalized spacial score (nSPS) is 10.9. The van der Waals surface area contributed by atoms with Crippen LogP contribution in [0.2, 0.25) is 5.02 Å². The number of rotatable bonds is 4. The lowest BCUT2D eigenvalue weighted by Crippen LogP contribution is -2.04. The third kappa shape index (κ3) is 3.02. The molecule has 2 aromatic heterocycles. The molecule has 0 fully saturated rings. The Balaban J connectivity index is 1.67. The van der Waals surface area contributed by atoms with Crippen molar-refractivity contribution >= 4 is 23.1 Å². The number of hydrogen-bond acceptors (Lipinski definition) is 4. The average Bonchev–Trinajstić information content (AvgIpc) is 3.06. The molecule has 124 valence electrons. The van der Waals surface area contributed by atoms with Crippen LogP contribution in [0.4, 0.5) is 5.82 Å². The zero-order chi connectivity index (χ0) is 17.2. The Kier molecular flexibility index (Phi) is 3.99. The first kappa shape index (κ1) is 15.5. The number of aromatic nitrogens is 3. The predicted octanol–water partition coefficient (Wildman–Crippen LogP) is 4.37. The van der Waals surface area contributed by atoms with Gasteiger partial charge < -0.3 is 10.4 Å². The highest BCUT2D eigenvalue weighted by molar-refractivity contribution is 6.31. The van der Waals surface area contributed by atoms with Gasteiger partial charge in [0.15, 0.2) is 11.5 Å². The molecule has 2 N–H and O–H groups in total. The Hall–Kier alpha value is -3.05. The smallest absolute Gasteiger partial charge is 0.180 e. The van der Waals surface area contributed by atoms with Crippen LogP contribution in [-0.2, 0) is 6.54 Å². The van der Waals surface area contributed by atoms with Crippen LogP contribution in [0, 0.1) is 0 Å². The lowest BCUT2D eigenvalue weighted by molar-refractivity contribution is 0.475. The summed E-state index contributed by atoms with van der Waals surface area (Å²) in [6, 6.07) is 14.7. The van der Waals surface area contributed by atoms with Crippen LogP contribution < -0.4 is 5.32 Å². The molecule has 0 aliphatic carbocycles. The van der Waals surface area contributed by atoms with Gasteiger partial charge in [0, 0.05) is 29.5 Å². The van der Waals surface area contributed by atoms with E-state index in [1.54, 1.807) is 24.5 Å². The average molecular weight is 351 g/mol. The largest absolute Gasteiger partial charge is 0.508 e. The molecule has 0 saturated carbocycles. The number of nitrogens with one attached hydrogen (secondary N) is 1. The summed E-state index contributed by atoms with van der Waals surface area (Å²) in [5.74, 6) is 0.925. The number of anilines is 1. The quantitative estimate of drug-likeness (QED) is 0.573. The number of benzene rings is 2. The molecule has 0 amide bonds. The molecule has 4 aromatic rings. The fraction of sp³-hybridized carbons (Fsp3) is 0.0526. The summed E-state index contributed by atoms with van der Waals surface area (Å²) in [6.07, 6.45) is 5.39. The lowest BCUT2D eigenvalue weighted by atomic mass is 10.1. The highest BCUT2D eigenvalue weighted by atomic mass is 35.5. The van der Waals surface area contributed by atoms with E-state index in [0.29, 0.717) is 12.4 Å². The van der Waals surface area contributed by atoms with Crippen LogP contribution in [0.15, 0.2) is 67.1 Å². The van der Waals surface area contributed by atoms with Gasteiger partial charge in [-0.1, -0.05) is 29.8 Å². The Morgan fingerprint density at radius 1 is 1.04 bits per heavy atom. The van der Waals surface area contributed by atoms with Gasteiger partial charge >= 0.3 is 0 Å². The summed E-state index contributed by atoms with van der Waals surface area (Å²) < 4.78 is 1.97. The Bertz CT molecular complexity index is 1030. The molecule has 0 aliphatic heterocycles. The van der Waals surface area contributed by atoms with E-state index in [9.17, 15) is 5.11 Å². The predicted molar refractivity (Wildman–Crippen MR) is 98.9 cm³/mol. The number of fused-ring (bicyclic) bond motifs is 1. The molecule has 2 aromatic carbocycles. The van der Waals surface area contributed by atoms with Gasteiger partial charge in [0.1, 0.15) is 5.75 Å². The number of phenols is 1. The maximum absolute atomic E-state index is 9.46. The molecule has 6 heteroatoms. The van der Waals surface area contributed by atoms with E-state index in [2.05, 4.69) is 15.3 Å². The third-order valence-electron chi connectivity index (χ3n) is 4.00. The topological polar surface area (TPSA) is 62.5 Å². The van der Waals surface area contributed by atoms with Gasteiger partial charge in [-0.2, -0.15) is 0 Å². The molecule has 4 rings (SSSR count). The molecule has 5 nitrogen and oxygen atoms in total. The highest BCUT2D eigenvalue weighted by Gasteiger charge is 2.10. The number of nitrogens with zero attached hydrogens (tertiary/aromatic N) is 3. The summed E-state index contributed by atoms with van der Waals surface area (Å²) in [4.78, 5) is 8.89. The summed E-state index contributed by atoms with van der Waals surface area (Å²) in [7, 11) is 0. The Morgan fingerprint density at radius 2 is 1.84 bits per heavy atom. The van der Waals surface area contributed by atoms with E-state index in [0.717, 1.165) is 27.5 Å². The second-order valence-electron chi connectivity index (χ2n) is 5.60. The first-order valence-corrected chi connectivity index (χ1v) is 8.19. The van der Waals surface area contributed by atoms with E-state index in [1.165, 1.54) is 0 Å². The van der Waals surface area contributed by atoms with Gasteiger partial charge in [-0.05, 0) is 35.9 Å². The van der Waals surface area contributed by atoms with Gasteiger partial charge in [0.25, 0.3) is 0 Å². The standard InChI is InChI=1S/C19H15ClN4O/c20-16-4-2-1-3-14(16)11-22-18-19-23-12-17(24(19)10-9-21-18)13-5-7-15(25)8-6-13/h1-10,12,25H,11H2,(H,21,22). The van der Waals surface area contributed by atoms with Crippen LogP contribution >= 0.6 is 11.6 Å². The zero-order valence-corrected chi connectivity index (χ0v) is 14.0. The molecule has 0 spiro atoms. The third-order valence-corrected chi connectivity index (χ3v) is 4.36. The molecular formula is C19H15ClN4O. The summed E-state index contributed by atoms with van der Waals surface area (Å²) >= 11 is 6.20. The van der Waals surface area contributed by atoms with E-state index in [1.807, 2.05) is 47.0 Å². The number of halogens is 1. The van der Waals surface area contributed by atoms with Crippen molar-refractivity contribution in [3.63, 3.8) is 0 Å². The second kappa shape index (κ2) is 6.45. The SMILES string of the molecule is Oc1ccc(-c2cnc3c(NCc4ccccc4Cl)nccn23)cc1. The van der Waals surface area contributed by atoms with Crippen molar-refractivity contribution in [1.82, 2.24) is 14.4 Å². The van der Waals surface area contributed by atoms with E-state index in [4.69, 9.17) is 11.6 Å². The van der Waals surface area contributed by atoms with Gasteiger partial charge in [0.2, 0.25) is 0 Å². The minimum atomic E-state index is 0.237. The molecule has 0 saturated heterocycles. The number of phenolic OH excluding ortho intramolecular Hbond substituents is 1. The van der Waals surface area contributed by atoms with Crippen molar-refractivity contribution in [2.24, 2.45) is 0 Å². The zero-order valence-electron chi connectivity index (χ0n) is 13.2. The summed E-state index contributed by atoms with van der Waals surface area (Å²) in [6.45, 7) is 0.563. The molecule has 0 bridgehead atoms. The molecule has 0 unspecified atom stereocenters. The first-order chi connectivity index (χ1) is 12.2. The molecule has 2 heterocycles. The van der Waals surface area contributed by atoms with E-state index >= 15 is 0 Å². The minimum Gasteiger partial charge on any atom is -0.508 e. The first-order valence-electron chi connectivity index (χ1n) is 7.81. The molecule has 0 aliphatic rings. The van der Waals surface area contributed by atoms with Crippen LogP contribution in [0.1, 0.15) is 5.56 Å². The highest BCUT2D eigenvalue weighted by Crippen LogP contribution is 2.25. The van der Waals surface area contributed by atoms with Crippen molar-refractivity contribution in [2.75, 3.05) is 5.32 Å². The lowest BCUT2D eigenvalue weighted by Gasteiger charge is -2.09. The molecule has 0 radical (unpaired) electrons. The van der Waals surface area contributed by atoms with Gasteiger partial charge in [-0.15, -0.1) is 0 Å². The fourth-order valence-corrected chi connectivity index (χ4v) is 2.91. The number of aromatic hydroxyl groups is 1. The van der Waals surface area contributed by atoms with Crippen LogP contribution in [0.25, 0.3) is 16.9 Å². The number of imidazole rings is 1. The maximum Gasteiger partial charge on any atom is 0.180 e. The Morgan fingerprint density at radius 3 is 2.64 bits per heavy atom.